The molecule has 0 bridgehead atoms. The summed E-state index contributed by atoms with van der Waals surface area (Å²) in [5, 5.41) is 14.5. The van der Waals surface area contributed by atoms with Gasteiger partial charge in [0.1, 0.15) is 6.42 Å². The van der Waals surface area contributed by atoms with Crippen LogP contribution in [0.3, 0.4) is 0 Å². The molecule has 1 aliphatic heterocycles. The minimum Gasteiger partial charge on any atom is -0.425 e. The van der Waals surface area contributed by atoms with Gasteiger partial charge in [0.05, 0.1) is 0 Å². The van der Waals surface area contributed by atoms with Gasteiger partial charge in [0, 0.05) is 45.2 Å². The van der Waals surface area contributed by atoms with E-state index in [2.05, 4.69) is 20.6 Å². The number of aromatic nitrogens is 4. The summed E-state index contributed by atoms with van der Waals surface area (Å²) in [6.07, 6.45) is 1.90. The van der Waals surface area contributed by atoms with Crippen LogP contribution in [0.2, 0.25) is 0 Å². The van der Waals surface area contributed by atoms with Gasteiger partial charge >= 0.3 is 0 Å². The van der Waals surface area contributed by atoms with Gasteiger partial charge in [0.2, 0.25) is 23.6 Å². The first-order valence-corrected chi connectivity index (χ1v) is 7.88. The molecule has 2 aromatic heterocycles. The maximum atomic E-state index is 12.3. The lowest BCUT2D eigenvalue weighted by atomic mass is 10.2. The summed E-state index contributed by atoms with van der Waals surface area (Å²) >= 11 is 0. The molecule has 0 spiro atoms. The van der Waals surface area contributed by atoms with E-state index in [9.17, 15) is 9.59 Å². The van der Waals surface area contributed by atoms with E-state index >= 15 is 0 Å². The number of rotatable bonds is 4. The zero-order valence-electron chi connectivity index (χ0n) is 13.5. The molecule has 3 heterocycles. The second kappa shape index (κ2) is 5.43. The molecular formula is C15H18N6O3. The van der Waals surface area contributed by atoms with Gasteiger partial charge in [-0.2, -0.15) is 5.10 Å². The Balaban J connectivity index is 1.29. The van der Waals surface area contributed by atoms with Crippen molar-refractivity contribution in [3.63, 3.8) is 0 Å². The van der Waals surface area contributed by atoms with Crippen LogP contribution in [0.15, 0.2) is 16.7 Å². The molecule has 2 aliphatic rings. The monoisotopic (exact) mass is 330 g/mol. The first-order chi connectivity index (χ1) is 11.5. The number of nitrogens with one attached hydrogen (secondary N) is 1. The first kappa shape index (κ1) is 14.9. The number of piperidine rings is 1. The summed E-state index contributed by atoms with van der Waals surface area (Å²) in [6.45, 7) is 2.91. The summed E-state index contributed by atoms with van der Waals surface area (Å²) in [4.78, 5) is 26.3. The molecule has 1 aliphatic carbocycles. The molecule has 0 radical (unpaired) electrons. The number of aryl methyl sites for hydroxylation is 2. The SMILES string of the molecule is Cc1nnc(CC(=O)N2C[C@@H]3C(C(=O)Nc4ccn(C)n4)[C@@H]3C2)o1. The van der Waals surface area contributed by atoms with Gasteiger partial charge in [-0.3, -0.25) is 14.3 Å². The normalized spacial score (nSPS) is 24.8. The minimum atomic E-state index is -0.0327. The van der Waals surface area contributed by atoms with Gasteiger partial charge in [-0.1, -0.05) is 0 Å². The molecule has 9 heteroatoms. The van der Waals surface area contributed by atoms with Crippen molar-refractivity contribution in [2.24, 2.45) is 24.8 Å². The highest BCUT2D eigenvalue weighted by molar-refractivity contribution is 5.94. The molecule has 1 saturated carbocycles. The third-order valence-electron chi connectivity index (χ3n) is 4.68. The summed E-state index contributed by atoms with van der Waals surface area (Å²) < 4.78 is 6.88. The fraction of sp³-hybridized carbons (Fsp3) is 0.533. The molecule has 1 saturated heterocycles. The molecule has 2 amide bonds. The largest absolute Gasteiger partial charge is 0.425 e. The van der Waals surface area contributed by atoms with Gasteiger partial charge < -0.3 is 14.6 Å². The van der Waals surface area contributed by atoms with E-state index < -0.39 is 0 Å². The molecule has 24 heavy (non-hydrogen) atoms. The van der Waals surface area contributed by atoms with E-state index in [1.54, 1.807) is 35.8 Å². The third-order valence-corrected chi connectivity index (χ3v) is 4.68. The number of amides is 2. The standard InChI is InChI=1S/C15H18N6O3/c1-8-17-18-12(24-8)5-13(22)21-6-9-10(7-21)14(9)15(23)16-11-3-4-20(2)19-11/h3-4,9-10,14H,5-7H2,1-2H3,(H,16,19,23)/t9-,10+,14?. The summed E-state index contributed by atoms with van der Waals surface area (Å²) in [7, 11) is 1.80. The molecule has 9 nitrogen and oxygen atoms in total. The van der Waals surface area contributed by atoms with E-state index in [0.29, 0.717) is 30.7 Å². The van der Waals surface area contributed by atoms with Crippen LogP contribution in [-0.4, -0.2) is 49.8 Å². The fourth-order valence-electron chi connectivity index (χ4n) is 3.46. The summed E-state index contributed by atoms with van der Waals surface area (Å²) in [6, 6.07) is 1.76. The number of carbonyl (C=O) groups excluding carboxylic acids is 2. The van der Waals surface area contributed by atoms with Gasteiger partial charge in [-0.25, -0.2) is 0 Å². The lowest BCUT2D eigenvalue weighted by Crippen LogP contribution is -2.34. The number of fused-ring (bicyclic) bond motifs is 1. The quantitative estimate of drug-likeness (QED) is 0.845. The second-order valence-electron chi connectivity index (χ2n) is 6.41. The van der Waals surface area contributed by atoms with E-state index in [1.807, 2.05) is 0 Å². The van der Waals surface area contributed by atoms with E-state index in [1.165, 1.54) is 0 Å². The number of nitrogens with zero attached hydrogens (tertiary/aromatic N) is 5. The van der Waals surface area contributed by atoms with Gasteiger partial charge in [-0.05, 0) is 11.8 Å². The van der Waals surface area contributed by atoms with Crippen molar-refractivity contribution in [2.45, 2.75) is 13.3 Å². The summed E-state index contributed by atoms with van der Waals surface area (Å²) in [5.74, 6) is 1.76. The maximum Gasteiger partial charge on any atom is 0.231 e. The van der Waals surface area contributed by atoms with E-state index in [0.717, 1.165) is 0 Å². The second-order valence-corrected chi connectivity index (χ2v) is 6.41. The van der Waals surface area contributed by atoms with E-state index in [4.69, 9.17) is 4.42 Å². The van der Waals surface area contributed by atoms with Crippen molar-refractivity contribution in [2.75, 3.05) is 18.4 Å². The predicted octanol–water partition coefficient (Wildman–Crippen LogP) is -0.00288. The van der Waals surface area contributed by atoms with Crippen molar-refractivity contribution >= 4 is 17.6 Å². The number of hydrogen-bond donors (Lipinski definition) is 1. The molecule has 126 valence electrons. The molecule has 2 aromatic rings. The van der Waals surface area contributed by atoms with Crippen molar-refractivity contribution in [1.29, 1.82) is 0 Å². The minimum absolute atomic E-state index is 0.0108. The van der Waals surface area contributed by atoms with Crippen molar-refractivity contribution < 1.29 is 14.0 Å². The van der Waals surface area contributed by atoms with Crippen LogP contribution in [0.4, 0.5) is 5.82 Å². The predicted molar refractivity (Wildman–Crippen MR) is 81.6 cm³/mol. The zero-order valence-corrected chi connectivity index (χ0v) is 13.5. The van der Waals surface area contributed by atoms with Crippen LogP contribution < -0.4 is 5.32 Å². The van der Waals surface area contributed by atoms with Gasteiger partial charge in [0.25, 0.3) is 0 Å². The smallest absolute Gasteiger partial charge is 0.231 e. The zero-order chi connectivity index (χ0) is 16.8. The highest BCUT2D eigenvalue weighted by Crippen LogP contribution is 2.52. The van der Waals surface area contributed by atoms with Crippen LogP contribution >= 0.6 is 0 Å². The summed E-state index contributed by atoms with van der Waals surface area (Å²) in [5.41, 5.74) is 0. The number of likely N-dealkylation sites (tertiary alicyclic amines) is 1. The van der Waals surface area contributed by atoms with Crippen LogP contribution in [0.5, 0.6) is 0 Å². The van der Waals surface area contributed by atoms with Crippen LogP contribution in [0.1, 0.15) is 11.8 Å². The number of hydrogen-bond acceptors (Lipinski definition) is 6. The lowest BCUT2D eigenvalue weighted by molar-refractivity contribution is -0.131. The Kier molecular flexibility index (Phi) is 3.36. The highest BCUT2D eigenvalue weighted by atomic mass is 16.4. The van der Waals surface area contributed by atoms with Gasteiger partial charge in [-0.15, -0.1) is 10.2 Å². The third kappa shape index (κ3) is 2.66. The number of carbonyl (C=O) groups is 2. The molecule has 1 unspecified atom stereocenters. The van der Waals surface area contributed by atoms with Gasteiger partial charge in [0.15, 0.2) is 5.82 Å². The van der Waals surface area contributed by atoms with Crippen molar-refractivity contribution in [3.8, 4) is 0 Å². The fourth-order valence-corrected chi connectivity index (χ4v) is 3.46. The number of anilines is 1. The highest BCUT2D eigenvalue weighted by Gasteiger charge is 2.60. The molecular weight excluding hydrogens is 312 g/mol. The average molecular weight is 330 g/mol. The molecule has 0 aromatic carbocycles. The molecule has 1 N–H and O–H groups in total. The first-order valence-electron chi connectivity index (χ1n) is 7.88. The molecule has 2 fully saturated rings. The Labute approximate surface area is 138 Å². The Morgan fingerprint density at radius 1 is 1.33 bits per heavy atom. The van der Waals surface area contributed by atoms with E-state index in [-0.39, 0.29) is 36.0 Å². The van der Waals surface area contributed by atoms with Crippen molar-refractivity contribution in [3.05, 3.63) is 24.0 Å². The Morgan fingerprint density at radius 3 is 2.67 bits per heavy atom. The molecule has 4 rings (SSSR count). The lowest BCUT2D eigenvalue weighted by Gasteiger charge is -2.18. The van der Waals surface area contributed by atoms with Crippen LogP contribution in [0.25, 0.3) is 0 Å². The maximum absolute atomic E-state index is 12.3. The van der Waals surface area contributed by atoms with Crippen molar-refractivity contribution in [1.82, 2.24) is 24.9 Å². The van der Waals surface area contributed by atoms with Crippen LogP contribution in [-0.2, 0) is 23.1 Å². The molecule has 3 atom stereocenters. The Hall–Kier alpha value is -2.71. The Morgan fingerprint density at radius 2 is 2.08 bits per heavy atom. The topological polar surface area (TPSA) is 106 Å². The van der Waals surface area contributed by atoms with Crippen LogP contribution in [0, 0.1) is 24.7 Å². The Bertz CT molecular complexity index is 732. The average Bonchev–Trinajstić information content (AvgIpc) is 2.94.